The van der Waals surface area contributed by atoms with Gasteiger partial charge in [0.25, 0.3) is 0 Å². The number of esters is 2. The fourth-order valence-corrected chi connectivity index (χ4v) is 7.41. The predicted octanol–water partition coefficient (Wildman–Crippen LogP) is 16.2. The minimum Gasteiger partial charge on any atom is -0.462 e. The van der Waals surface area contributed by atoms with Gasteiger partial charge < -0.3 is 18.9 Å². The lowest BCUT2D eigenvalue weighted by molar-refractivity contribution is -0.870. The van der Waals surface area contributed by atoms with E-state index in [0.717, 1.165) is 116 Å². The van der Waals surface area contributed by atoms with Crippen LogP contribution in [0.1, 0.15) is 194 Å². The second kappa shape index (κ2) is 48.7. The summed E-state index contributed by atoms with van der Waals surface area (Å²) in [6.45, 7) is 4.25. The molecular formula is C58H99NO8P+. The van der Waals surface area contributed by atoms with Crippen LogP contribution in [0, 0.1) is 0 Å². The van der Waals surface area contributed by atoms with Gasteiger partial charge >= 0.3 is 19.8 Å². The molecule has 10 heteroatoms. The molecule has 0 amide bonds. The van der Waals surface area contributed by atoms with Gasteiger partial charge in [0, 0.05) is 12.8 Å². The van der Waals surface area contributed by atoms with Crippen LogP contribution in [-0.4, -0.2) is 74.9 Å². The fraction of sp³-hybridized carbons (Fsp3) is 0.655. The van der Waals surface area contributed by atoms with Crippen LogP contribution in [0.4, 0.5) is 0 Å². The van der Waals surface area contributed by atoms with Crippen molar-refractivity contribution in [3.05, 3.63) is 109 Å². The summed E-state index contributed by atoms with van der Waals surface area (Å²) in [5.74, 6) is -0.845. The van der Waals surface area contributed by atoms with Crippen molar-refractivity contribution in [2.45, 2.75) is 200 Å². The molecule has 0 rings (SSSR count). The number of rotatable bonds is 47. The third-order valence-electron chi connectivity index (χ3n) is 10.8. The average Bonchev–Trinajstić information content (AvgIpc) is 3.30. The molecule has 68 heavy (non-hydrogen) atoms. The molecular weight excluding hydrogens is 870 g/mol. The van der Waals surface area contributed by atoms with Crippen LogP contribution in [0.15, 0.2) is 109 Å². The van der Waals surface area contributed by atoms with Crippen molar-refractivity contribution in [3.8, 4) is 0 Å². The zero-order chi connectivity index (χ0) is 49.9. The number of likely N-dealkylation sites (N-methyl/N-ethyl adjacent to an activating group) is 1. The van der Waals surface area contributed by atoms with Gasteiger partial charge in [0.1, 0.15) is 19.8 Å². The van der Waals surface area contributed by atoms with E-state index in [0.29, 0.717) is 17.4 Å². The quantitative estimate of drug-likeness (QED) is 0.0211. The molecule has 0 aromatic heterocycles. The van der Waals surface area contributed by atoms with E-state index in [2.05, 4.69) is 123 Å². The molecule has 0 heterocycles. The first-order chi connectivity index (χ1) is 33.0. The summed E-state index contributed by atoms with van der Waals surface area (Å²) in [7, 11) is 1.44. The van der Waals surface area contributed by atoms with Crippen LogP contribution in [0.3, 0.4) is 0 Å². The van der Waals surface area contributed by atoms with Crippen LogP contribution in [-0.2, 0) is 32.7 Å². The van der Waals surface area contributed by atoms with Crippen molar-refractivity contribution < 1.29 is 42.1 Å². The molecule has 9 nitrogen and oxygen atoms in total. The molecule has 0 bridgehead atoms. The highest BCUT2D eigenvalue weighted by molar-refractivity contribution is 7.47. The Bertz CT molecular complexity index is 1520. The van der Waals surface area contributed by atoms with Crippen LogP contribution < -0.4 is 0 Å². The smallest absolute Gasteiger partial charge is 0.462 e. The average molecular weight is 969 g/mol. The van der Waals surface area contributed by atoms with Crippen LogP contribution in [0.25, 0.3) is 0 Å². The lowest BCUT2D eigenvalue weighted by atomic mass is 10.1. The molecule has 0 aromatic carbocycles. The Kier molecular flexibility index (Phi) is 46.3. The van der Waals surface area contributed by atoms with Crippen molar-refractivity contribution in [3.63, 3.8) is 0 Å². The number of allylic oxidation sites excluding steroid dienone is 18. The number of hydrogen-bond donors (Lipinski definition) is 1. The number of ether oxygens (including phenoxy) is 2. The standard InChI is InChI=1S/C58H98NO8P/c1-6-8-10-12-14-16-18-20-22-23-24-25-26-27-28-29-30-31-32-33-34-35-37-39-41-43-45-47-49-51-58(61)67-56(55-66-68(62,63)65-53-52-59(3,4)5)54-64-57(60)50-48-46-44-42-40-38-36-21-19-17-15-13-11-9-7-2/h8,10,14,16,20-22,24-25,27-28,30-31,33-34,36-37,39,56H,6-7,9,11-13,15,17-19,23,26,29,32,35,38,40-55H2,1-5H3/p+1/b10-8-,16-14-,22-20-,25-24-,28-27-,31-30-,34-33-,36-21-,39-37-. The first-order valence-corrected chi connectivity index (χ1v) is 28.1. The van der Waals surface area contributed by atoms with Gasteiger partial charge in [-0.2, -0.15) is 0 Å². The molecule has 0 spiro atoms. The SMILES string of the molecule is CC/C=C\C/C=C\C/C=C\C/C=C\C/C=C\C/C=C\C/C=C\C/C=C\CCCCCCC(=O)OC(COC(=O)CCCCCCC/C=C\CCCCCCCC)COP(=O)(O)OCC[N+](C)(C)C. The Morgan fingerprint density at radius 2 is 0.838 bits per heavy atom. The second-order valence-electron chi connectivity index (χ2n) is 18.5. The maximum Gasteiger partial charge on any atom is 0.472 e. The molecule has 2 unspecified atom stereocenters. The highest BCUT2D eigenvalue weighted by atomic mass is 31.2. The van der Waals surface area contributed by atoms with E-state index >= 15 is 0 Å². The normalized spacial score (nSPS) is 14.3. The van der Waals surface area contributed by atoms with Gasteiger partial charge in [-0.3, -0.25) is 18.6 Å². The Morgan fingerprint density at radius 3 is 1.26 bits per heavy atom. The van der Waals surface area contributed by atoms with Gasteiger partial charge in [0.05, 0.1) is 27.7 Å². The van der Waals surface area contributed by atoms with Crippen molar-refractivity contribution >= 4 is 19.8 Å². The van der Waals surface area contributed by atoms with E-state index < -0.39 is 26.5 Å². The molecule has 0 radical (unpaired) electrons. The highest BCUT2D eigenvalue weighted by Gasteiger charge is 2.27. The lowest BCUT2D eigenvalue weighted by Crippen LogP contribution is -2.37. The number of unbranched alkanes of at least 4 members (excludes halogenated alkanes) is 15. The molecule has 0 aliphatic rings. The molecule has 1 N–H and O–H groups in total. The number of carbonyl (C=O) groups excluding carboxylic acids is 2. The second-order valence-corrected chi connectivity index (χ2v) is 20.0. The van der Waals surface area contributed by atoms with E-state index in [1.807, 2.05) is 21.1 Å². The minimum absolute atomic E-state index is 0.0191. The number of carbonyl (C=O) groups is 2. The topological polar surface area (TPSA) is 108 Å². The third-order valence-corrected chi connectivity index (χ3v) is 11.8. The van der Waals surface area contributed by atoms with Gasteiger partial charge in [-0.25, -0.2) is 4.57 Å². The Balaban J connectivity index is 4.32. The molecule has 0 fully saturated rings. The number of quaternary nitrogens is 1. The van der Waals surface area contributed by atoms with Crippen LogP contribution in [0.5, 0.6) is 0 Å². The molecule has 388 valence electrons. The van der Waals surface area contributed by atoms with Gasteiger partial charge in [0.2, 0.25) is 0 Å². The summed E-state index contributed by atoms with van der Waals surface area (Å²) < 4.78 is 34.4. The predicted molar refractivity (Wildman–Crippen MR) is 288 cm³/mol. The van der Waals surface area contributed by atoms with Crippen molar-refractivity contribution in [2.24, 2.45) is 0 Å². The van der Waals surface area contributed by atoms with Crippen molar-refractivity contribution in [1.29, 1.82) is 0 Å². The number of phosphoric ester groups is 1. The van der Waals surface area contributed by atoms with Crippen molar-refractivity contribution in [2.75, 3.05) is 47.5 Å². The van der Waals surface area contributed by atoms with E-state index in [1.54, 1.807) is 0 Å². The zero-order valence-corrected chi connectivity index (χ0v) is 44.7. The van der Waals surface area contributed by atoms with Crippen molar-refractivity contribution in [1.82, 2.24) is 0 Å². The van der Waals surface area contributed by atoms with E-state index in [-0.39, 0.29) is 32.0 Å². The Morgan fingerprint density at radius 1 is 0.471 bits per heavy atom. The highest BCUT2D eigenvalue weighted by Crippen LogP contribution is 2.43. The molecule has 0 aliphatic carbocycles. The summed E-state index contributed by atoms with van der Waals surface area (Å²) in [4.78, 5) is 35.6. The van der Waals surface area contributed by atoms with Crippen LogP contribution >= 0.6 is 7.82 Å². The number of phosphoric acid groups is 1. The maximum atomic E-state index is 12.8. The molecule has 0 aliphatic heterocycles. The lowest BCUT2D eigenvalue weighted by Gasteiger charge is -2.24. The molecule has 0 aromatic rings. The summed E-state index contributed by atoms with van der Waals surface area (Å²) in [6.07, 6.45) is 67.2. The van der Waals surface area contributed by atoms with E-state index in [4.69, 9.17) is 18.5 Å². The number of nitrogens with zero attached hydrogens (tertiary/aromatic N) is 1. The minimum atomic E-state index is -4.40. The first-order valence-electron chi connectivity index (χ1n) is 26.6. The Labute approximate surface area is 416 Å². The largest absolute Gasteiger partial charge is 0.472 e. The van der Waals surface area contributed by atoms with Gasteiger partial charge in [-0.1, -0.05) is 187 Å². The summed E-state index contributed by atoms with van der Waals surface area (Å²) in [5.41, 5.74) is 0. The van der Waals surface area contributed by atoms with Gasteiger partial charge in [0.15, 0.2) is 6.10 Å². The summed E-state index contributed by atoms with van der Waals surface area (Å²) in [6, 6.07) is 0. The monoisotopic (exact) mass is 969 g/mol. The molecule has 0 saturated carbocycles. The third kappa shape index (κ3) is 52.0. The summed E-state index contributed by atoms with van der Waals surface area (Å²) in [5, 5.41) is 0. The molecule has 0 saturated heterocycles. The number of hydrogen-bond acceptors (Lipinski definition) is 7. The van der Waals surface area contributed by atoms with E-state index in [1.165, 1.54) is 44.9 Å². The molecule has 2 atom stereocenters. The van der Waals surface area contributed by atoms with Crippen LogP contribution in [0.2, 0.25) is 0 Å². The van der Waals surface area contributed by atoms with Gasteiger partial charge in [-0.15, -0.1) is 0 Å². The maximum absolute atomic E-state index is 12.8. The zero-order valence-electron chi connectivity index (χ0n) is 43.8. The first kappa shape index (κ1) is 64.7. The van der Waals surface area contributed by atoms with Gasteiger partial charge in [-0.05, 0) is 103 Å². The van der Waals surface area contributed by atoms with E-state index in [9.17, 15) is 19.0 Å². The Hall–Kier alpha value is -3.33. The summed E-state index contributed by atoms with van der Waals surface area (Å²) >= 11 is 0. The fourth-order valence-electron chi connectivity index (χ4n) is 6.67.